The Labute approximate surface area is 130 Å². The zero-order valence-corrected chi connectivity index (χ0v) is 13.4. The van der Waals surface area contributed by atoms with E-state index in [0.29, 0.717) is 0 Å². The minimum absolute atomic E-state index is 0.215. The summed E-state index contributed by atoms with van der Waals surface area (Å²) in [6, 6.07) is 5.96. The van der Waals surface area contributed by atoms with Crippen LogP contribution in [0.4, 0.5) is 0 Å². The quantitative estimate of drug-likeness (QED) is 0.843. The number of carbonyl (C=O) groups is 1. The molecular weight excluding hydrogens is 279 g/mol. The van der Waals surface area contributed by atoms with Gasteiger partial charge in [0.25, 0.3) is 0 Å². The van der Waals surface area contributed by atoms with Crippen molar-refractivity contribution in [3.63, 3.8) is 0 Å². The lowest BCUT2D eigenvalue weighted by Gasteiger charge is -2.32. The van der Waals surface area contributed by atoms with Crippen molar-refractivity contribution in [1.29, 1.82) is 0 Å². The van der Waals surface area contributed by atoms with Crippen LogP contribution >= 0.6 is 0 Å². The molecule has 5 nitrogen and oxygen atoms in total. The summed E-state index contributed by atoms with van der Waals surface area (Å²) in [5.41, 5.74) is 7.36. The number of nitrogens with two attached hydrogens (primary N) is 1. The third kappa shape index (κ3) is 2.42. The molecule has 1 aromatic carbocycles. The number of primary amides is 1. The molecule has 1 aliphatic rings. The Morgan fingerprint density at radius 2 is 1.86 bits per heavy atom. The van der Waals surface area contributed by atoms with Gasteiger partial charge in [-0.25, -0.2) is 0 Å². The van der Waals surface area contributed by atoms with Crippen LogP contribution in [0.2, 0.25) is 0 Å². The largest absolute Gasteiger partial charge is 0.494 e. The second kappa shape index (κ2) is 4.86. The Hall–Kier alpha value is -1.79. The van der Waals surface area contributed by atoms with Crippen molar-refractivity contribution in [3.05, 3.63) is 30.0 Å². The highest BCUT2D eigenvalue weighted by molar-refractivity contribution is 6.62. The Kier molecular flexibility index (Phi) is 3.34. The SMILES string of the molecule is CC1(C)OB(c2ccc3[nH]cc(CC(N)=O)c3c2)OC1(C)C. The van der Waals surface area contributed by atoms with Crippen LogP contribution in [0.15, 0.2) is 24.4 Å². The Morgan fingerprint density at radius 1 is 1.23 bits per heavy atom. The molecule has 0 unspecified atom stereocenters. The van der Waals surface area contributed by atoms with Crippen molar-refractivity contribution in [2.45, 2.75) is 45.3 Å². The maximum atomic E-state index is 11.2. The highest BCUT2D eigenvalue weighted by atomic mass is 16.7. The molecule has 1 aromatic heterocycles. The van der Waals surface area contributed by atoms with Gasteiger partial charge in [0, 0.05) is 17.1 Å². The van der Waals surface area contributed by atoms with Gasteiger partial charge in [-0.2, -0.15) is 0 Å². The molecule has 1 amide bonds. The van der Waals surface area contributed by atoms with E-state index in [2.05, 4.69) is 4.98 Å². The molecule has 0 aliphatic carbocycles. The highest BCUT2D eigenvalue weighted by Gasteiger charge is 2.51. The van der Waals surface area contributed by atoms with E-state index in [4.69, 9.17) is 15.0 Å². The van der Waals surface area contributed by atoms with Gasteiger partial charge >= 0.3 is 7.12 Å². The predicted molar refractivity (Wildman–Crippen MR) is 86.9 cm³/mol. The van der Waals surface area contributed by atoms with Gasteiger partial charge in [-0.05, 0) is 44.8 Å². The summed E-state index contributed by atoms with van der Waals surface area (Å²) < 4.78 is 12.1. The average molecular weight is 300 g/mol. The molecule has 0 spiro atoms. The predicted octanol–water partition coefficient (Wildman–Crippen LogP) is 1.49. The molecule has 3 rings (SSSR count). The number of fused-ring (bicyclic) bond motifs is 1. The van der Waals surface area contributed by atoms with Crippen LogP contribution < -0.4 is 11.2 Å². The first kappa shape index (κ1) is 15.1. The van der Waals surface area contributed by atoms with Crippen LogP contribution in [0, 0.1) is 0 Å². The first-order valence-electron chi connectivity index (χ1n) is 7.43. The van der Waals surface area contributed by atoms with Gasteiger partial charge < -0.3 is 20.0 Å². The van der Waals surface area contributed by atoms with Crippen LogP contribution in [-0.2, 0) is 20.5 Å². The van der Waals surface area contributed by atoms with Gasteiger partial charge in [-0.15, -0.1) is 0 Å². The normalized spacial score (nSPS) is 19.7. The number of H-pyrrole nitrogens is 1. The third-order valence-electron chi connectivity index (χ3n) is 4.68. The number of hydrogen-bond donors (Lipinski definition) is 2. The summed E-state index contributed by atoms with van der Waals surface area (Å²) in [5.74, 6) is -0.345. The lowest BCUT2D eigenvalue weighted by atomic mass is 9.78. The smallest absolute Gasteiger partial charge is 0.399 e. The summed E-state index contributed by atoms with van der Waals surface area (Å²) in [6.07, 6.45) is 2.04. The molecule has 1 saturated heterocycles. The van der Waals surface area contributed by atoms with Crippen molar-refractivity contribution in [1.82, 2.24) is 4.98 Å². The van der Waals surface area contributed by atoms with Gasteiger partial charge in [0.2, 0.25) is 5.91 Å². The minimum atomic E-state index is -0.411. The molecule has 0 saturated carbocycles. The molecule has 3 N–H and O–H groups in total. The van der Waals surface area contributed by atoms with Gasteiger partial charge in [-0.3, -0.25) is 4.79 Å². The zero-order valence-electron chi connectivity index (χ0n) is 13.4. The van der Waals surface area contributed by atoms with Gasteiger partial charge in [0.05, 0.1) is 17.6 Å². The summed E-state index contributed by atoms with van der Waals surface area (Å²) >= 11 is 0. The van der Waals surface area contributed by atoms with Crippen LogP contribution in [-0.4, -0.2) is 29.2 Å². The first-order chi connectivity index (χ1) is 10.2. The van der Waals surface area contributed by atoms with Crippen LogP contribution in [0.5, 0.6) is 0 Å². The molecular formula is C16H21BN2O3. The standard InChI is InChI=1S/C16H21BN2O3/c1-15(2)16(3,4)22-17(21-15)11-5-6-13-12(8-11)10(9-19-13)7-14(18)20/h5-6,8-9,19H,7H2,1-4H3,(H2,18,20). The number of hydrogen-bond acceptors (Lipinski definition) is 3. The Balaban J connectivity index is 1.97. The molecule has 2 aromatic rings. The molecule has 0 radical (unpaired) electrons. The van der Waals surface area contributed by atoms with E-state index in [-0.39, 0.29) is 23.5 Å². The number of benzene rings is 1. The molecule has 1 aliphatic heterocycles. The summed E-state index contributed by atoms with van der Waals surface area (Å²) in [4.78, 5) is 14.3. The number of carbonyl (C=O) groups excluding carboxylic acids is 1. The summed E-state index contributed by atoms with van der Waals surface area (Å²) in [6.45, 7) is 8.11. The number of rotatable bonds is 3. The van der Waals surface area contributed by atoms with E-state index >= 15 is 0 Å². The minimum Gasteiger partial charge on any atom is -0.399 e. The maximum Gasteiger partial charge on any atom is 0.494 e. The topological polar surface area (TPSA) is 77.3 Å². The fourth-order valence-corrected chi connectivity index (χ4v) is 2.66. The van der Waals surface area contributed by atoms with Crippen molar-refractivity contribution < 1.29 is 14.1 Å². The second-order valence-electron chi connectivity index (χ2n) is 6.85. The van der Waals surface area contributed by atoms with Crippen LogP contribution in [0.1, 0.15) is 33.3 Å². The van der Waals surface area contributed by atoms with Gasteiger partial charge in [-0.1, -0.05) is 12.1 Å². The number of aromatic amines is 1. The molecule has 116 valence electrons. The van der Waals surface area contributed by atoms with E-state index in [9.17, 15) is 4.79 Å². The van der Waals surface area contributed by atoms with E-state index < -0.39 is 7.12 Å². The van der Waals surface area contributed by atoms with Crippen molar-refractivity contribution in [3.8, 4) is 0 Å². The van der Waals surface area contributed by atoms with Crippen LogP contribution in [0.25, 0.3) is 10.9 Å². The summed E-state index contributed by atoms with van der Waals surface area (Å²) in [7, 11) is -0.411. The maximum absolute atomic E-state index is 11.2. The van der Waals surface area contributed by atoms with Crippen molar-refractivity contribution in [2.75, 3.05) is 0 Å². The van der Waals surface area contributed by atoms with E-state index in [1.54, 1.807) is 0 Å². The van der Waals surface area contributed by atoms with E-state index in [0.717, 1.165) is 21.9 Å². The summed E-state index contributed by atoms with van der Waals surface area (Å²) in [5, 5.41) is 0.978. The second-order valence-corrected chi connectivity index (χ2v) is 6.85. The van der Waals surface area contributed by atoms with E-state index in [1.807, 2.05) is 52.1 Å². The molecule has 2 heterocycles. The number of aromatic nitrogens is 1. The molecule has 6 heteroatoms. The number of amides is 1. The Bertz CT molecular complexity index is 720. The fraction of sp³-hybridized carbons (Fsp3) is 0.438. The lowest BCUT2D eigenvalue weighted by Crippen LogP contribution is -2.41. The Morgan fingerprint density at radius 3 is 2.45 bits per heavy atom. The van der Waals surface area contributed by atoms with E-state index in [1.165, 1.54) is 0 Å². The van der Waals surface area contributed by atoms with Gasteiger partial charge in [0.1, 0.15) is 0 Å². The van der Waals surface area contributed by atoms with Gasteiger partial charge in [0.15, 0.2) is 0 Å². The van der Waals surface area contributed by atoms with Crippen molar-refractivity contribution >= 4 is 29.4 Å². The fourth-order valence-electron chi connectivity index (χ4n) is 2.66. The molecule has 22 heavy (non-hydrogen) atoms. The molecule has 0 bridgehead atoms. The monoisotopic (exact) mass is 300 g/mol. The van der Waals surface area contributed by atoms with Crippen LogP contribution in [0.3, 0.4) is 0 Å². The first-order valence-corrected chi connectivity index (χ1v) is 7.43. The average Bonchev–Trinajstić information content (AvgIpc) is 2.88. The number of nitrogens with one attached hydrogen (secondary N) is 1. The van der Waals surface area contributed by atoms with Crippen molar-refractivity contribution in [2.24, 2.45) is 5.73 Å². The highest BCUT2D eigenvalue weighted by Crippen LogP contribution is 2.36. The molecule has 1 fully saturated rings. The third-order valence-corrected chi connectivity index (χ3v) is 4.68. The molecule has 0 atom stereocenters. The zero-order chi connectivity index (χ0) is 16.1. The lowest BCUT2D eigenvalue weighted by molar-refractivity contribution is -0.117.